The van der Waals surface area contributed by atoms with Gasteiger partial charge >= 0.3 is 0 Å². The minimum Gasteiger partial charge on any atom is -0.497 e. The van der Waals surface area contributed by atoms with Gasteiger partial charge in [0, 0.05) is 31.6 Å². The van der Waals surface area contributed by atoms with Gasteiger partial charge < -0.3 is 23.7 Å². The number of halogens is 1. The molecule has 0 bridgehead atoms. The van der Waals surface area contributed by atoms with Crippen molar-refractivity contribution >= 4 is 11.8 Å². The van der Waals surface area contributed by atoms with E-state index in [9.17, 15) is 14.0 Å². The van der Waals surface area contributed by atoms with E-state index in [1.165, 1.54) is 12.1 Å². The topological polar surface area (TPSA) is 72.2 Å². The number of carbonyl (C=O) groups excluding carboxylic acids is 2. The molecule has 8 heteroatoms. The second kappa shape index (κ2) is 10.2. The molecule has 2 aromatic carbocycles. The maximum absolute atomic E-state index is 13.0. The van der Waals surface area contributed by atoms with E-state index >= 15 is 0 Å². The predicted molar refractivity (Wildman–Crippen MR) is 120 cm³/mol. The molecular formula is C25H25FN2O5. The Labute approximate surface area is 191 Å². The highest BCUT2D eigenvalue weighted by molar-refractivity contribution is 5.92. The number of hydrogen-bond donors (Lipinski definition) is 0. The Bertz CT molecular complexity index is 1090. The average molecular weight is 452 g/mol. The van der Waals surface area contributed by atoms with E-state index in [0.717, 1.165) is 11.3 Å². The molecule has 1 fully saturated rings. The number of carbonyl (C=O) groups is 2. The van der Waals surface area contributed by atoms with Gasteiger partial charge in [0.15, 0.2) is 5.76 Å². The summed E-state index contributed by atoms with van der Waals surface area (Å²) < 4.78 is 29.5. The summed E-state index contributed by atoms with van der Waals surface area (Å²) in [5.74, 6) is 1.50. The normalized spacial score (nSPS) is 14.2. The quantitative estimate of drug-likeness (QED) is 0.545. The molecule has 0 unspecified atom stereocenters. The van der Waals surface area contributed by atoms with Crippen molar-refractivity contribution in [3.8, 4) is 22.8 Å². The highest BCUT2D eigenvalue weighted by Gasteiger charge is 2.26. The van der Waals surface area contributed by atoms with Crippen molar-refractivity contribution in [2.24, 2.45) is 0 Å². The molecule has 1 aromatic heterocycles. The van der Waals surface area contributed by atoms with Gasteiger partial charge in [-0.3, -0.25) is 9.59 Å². The van der Waals surface area contributed by atoms with Gasteiger partial charge in [-0.15, -0.1) is 0 Å². The molecular weight excluding hydrogens is 427 g/mol. The number of benzene rings is 2. The zero-order valence-corrected chi connectivity index (χ0v) is 18.3. The zero-order valence-electron chi connectivity index (χ0n) is 18.3. The van der Waals surface area contributed by atoms with Gasteiger partial charge in [-0.05, 0) is 60.7 Å². The molecule has 0 saturated carbocycles. The van der Waals surface area contributed by atoms with Gasteiger partial charge in [0.1, 0.15) is 29.7 Å². The van der Waals surface area contributed by atoms with Gasteiger partial charge in [-0.25, -0.2) is 4.39 Å². The summed E-state index contributed by atoms with van der Waals surface area (Å²) in [5.41, 5.74) is 0.841. The third-order valence-electron chi connectivity index (χ3n) is 5.51. The fourth-order valence-corrected chi connectivity index (χ4v) is 3.63. The second-order valence-electron chi connectivity index (χ2n) is 7.62. The van der Waals surface area contributed by atoms with Crippen LogP contribution in [0.15, 0.2) is 65.1 Å². The number of rotatable bonds is 7. The predicted octanol–water partition coefficient (Wildman–Crippen LogP) is 3.85. The van der Waals surface area contributed by atoms with Crippen LogP contribution >= 0.6 is 0 Å². The van der Waals surface area contributed by atoms with E-state index in [0.29, 0.717) is 37.7 Å². The molecule has 3 aromatic rings. The van der Waals surface area contributed by atoms with Crippen molar-refractivity contribution in [3.05, 3.63) is 72.2 Å². The molecule has 0 spiro atoms. The molecule has 1 aliphatic heterocycles. The lowest BCUT2D eigenvalue weighted by Gasteiger charge is -2.21. The van der Waals surface area contributed by atoms with Gasteiger partial charge in [0.25, 0.3) is 5.91 Å². The van der Waals surface area contributed by atoms with Crippen LogP contribution in [-0.2, 0) is 4.79 Å². The fraction of sp³-hybridized carbons (Fsp3) is 0.280. The molecule has 172 valence electrons. The van der Waals surface area contributed by atoms with Gasteiger partial charge in [0.2, 0.25) is 5.91 Å². The van der Waals surface area contributed by atoms with Gasteiger partial charge in [0.05, 0.1) is 13.7 Å². The summed E-state index contributed by atoms with van der Waals surface area (Å²) in [5, 5.41) is 0. The maximum atomic E-state index is 13.0. The van der Waals surface area contributed by atoms with E-state index in [2.05, 4.69) is 0 Å². The van der Waals surface area contributed by atoms with Crippen molar-refractivity contribution in [2.45, 2.75) is 6.42 Å². The third kappa shape index (κ3) is 5.52. The van der Waals surface area contributed by atoms with E-state index < -0.39 is 0 Å². The second-order valence-corrected chi connectivity index (χ2v) is 7.62. The van der Waals surface area contributed by atoms with Crippen molar-refractivity contribution in [1.29, 1.82) is 0 Å². The first kappa shape index (κ1) is 22.4. The van der Waals surface area contributed by atoms with Crippen molar-refractivity contribution in [3.63, 3.8) is 0 Å². The molecule has 2 amide bonds. The van der Waals surface area contributed by atoms with Crippen LogP contribution in [0, 0.1) is 5.82 Å². The fourth-order valence-electron chi connectivity index (χ4n) is 3.63. The Morgan fingerprint density at radius 3 is 2.42 bits per heavy atom. The van der Waals surface area contributed by atoms with Crippen LogP contribution in [-0.4, -0.2) is 61.5 Å². The molecule has 0 N–H and O–H groups in total. The maximum Gasteiger partial charge on any atom is 0.289 e. The van der Waals surface area contributed by atoms with Crippen LogP contribution in [0.2, 0.25) is 0 Å². The average Bonchev–Trinajstić information content (AvgIpc) is 3.26. The standard InChI is InChI=1S/C25H25FN2O5/c1-31-20-6-2-18(3-7-20)22-10-11-23(33-22)25(30)28-13-12-24(29)27(14-15-28)16-17-32-21-8-4-19(26)5-9-21/h2-11H,12-17H2,1H3. The highest BCUT2D eigenvalue weighted by atomic mass is 19.1. The first-order valence-electron chi connectivity index (χ1n) is 10.7. The number of methoxy groups -OCH3 is 1. The molecule has 0 atom stereocenters. The summed E-state index contributed by atoms with van der Waals surface area (Å²) in [6.45, 7) is 1.81. The van der Waals surface area contributed by atoms with E-state index in [-0.39, 0.29) is 36.4 Å². The van der Waals surface area contributed by atoms with Crippen molar-refractivity contribution in [1.82, 2.24) is 9.80 Å². The molecule has 1 aliphatic rings. The molecule has 2 heterocycles. The molecule has 1 saturated heterocycles. The Balaban J connectivity index is 1.32. The minimum absolute atomic E-state index is 0.0358. The van der Waals surface area contributed by atoms with Crippen LogP contribution in [0.5, 0.6) is 11.5 Å². The van der Waals surface area contributed by atoms with E-state index in [1.54, 1.807) is 41.2 Å². The number of amides is 2. The molecule has 0 radical (unpaired) electrons. The van der Waals surface area contributed by atoms with Crippen molar-refractivity contribution < 1.29 is 27.9 Å². The number of nitrogens with zero attached hydrogens (tertiary/aromatic N) is 2. The summed E-state index contributed by atoms with van der Waals surface area (Å²) in [6.07, 6.45) is 0.230. The Hall–Kier alpha value is -3.81. The number of hydrogen-bond acceptors (Lipinski definition) is 5. The van der Waals surface area contributed by atoms with Crippen LogP contribution in [0.25, 0.3) is 11.3 Å². The summed E-state index contributed by atoms with van der Waals surface area (Å²) in [7, 11) is 1.60. The first-order valence-corrected chi connectivity index (χ1v) is 10.7. The molecule has 7 nitrogen and oxygen atoms in total. The van der Waals surface area contributed by atoms with Crippen LogP contribution in [0.4, 0.5) is 4.39 Å². The lowest BCUT2D eigenvalue weighted by molar-refractivity contribution is -0.130. The molecule has 0 aliphatic carbocycles. The molecule has 4 rings (SSSR count). The summed E-state index contributed by atoms with van der Waals surface area (Å²) in [4.78, 5) is 28.8. The van der Waals surface area contributed by atoms with Crippen molar-refractivity contribution in [2.75, 3.05) is 39.9 Å². The third-order valence-corrected chi connectivity index (χ3v) is 5.51. The molecule has 33 heavy (non-hydrogen) atoms. The smallest absolute Gasteiger partial charge is 0.289 e. The largest absolute Gasteiger partial charge is 0.497 e. The highest BCUT2D eigenvalue weighted by Crippen LogP contribution is 2.25. The summed E-state index contributed by atoms with van der Waals surface area (Å²) in [6, 6.07) is 16.5. The number of furan rings is 1. The van der Waals surface area contributed by atoms with Crippen LogP contribution in [0.3, 0.4) is 0 Å². The zero-order chi connectivity index (χ0) is 23.2. The number of ether oxygens (including phenoxy) is 2. The SMILES string of the molecule is COc1ccc(-c2ccc(C(=O)N3CCC(=O)N(CCOc4ccc(F)cc4)CC3)o2)cc1. The first-order chi connectivity index (χ1) is 16.0. The van der Waals surface area contributed by atoms with Gasteiger partial charge in [-0.2, -0.15) is 0 Å². The van der Waals surface area contributed by atoms with Gasteiger partial charge in [-0.1, -0.05) is 0 Å². The van der Waals surface area contributed by atoms with Crippen LogP contribution < -0.4 is 9.47 Å². The Kier molecular flexibility index (Phi) is 6.92. The minimum atomic E-state index is -0.331. The summed E-state index contributed by atoms with van der Waals surface area (Å²) >= 11 is 0. The Morgan fingerprint density at radius 1 is 0.970 bits per heavy atom. The monoisotopic (exact) mass is 452 g/mol. The lowest BCUT2D eigenvalue weighted by atomic mass is 10.2. The lowest BCUT2D eigenvalue weighted by Crippen LogP contribution is -2.37. The Morgan fingerprint density at radius 2 is 1.70 bits per heavy atom. The van der Waals surface area contributed by atoms with Crippen LogP contribution in [0.1, 0.15) is 17.0 Å². The van der Waals surface area contributed by atoms with E-state index in [4.69, 9.17) is 13.9 Å². The van der Waals surface area contributed by atoms with E-state index in [1.807, 2.05) is 24.3 Å².